The van der Waals surface area contributed by atoms with Crippen LogP contribution < -0.4 is 9.47 Å². The van der Waals surface area contributed by atoms with Gasteiger partial charge in [0.05, 0.1) is 24.7 Å². The molecule has 0 bridgehead atoms. The van der Waals surface area contributed by atoms with Crippen LogP contribution in [0.25, 0.3) is 11.0 Å². The monoisotopic (exact) mass is 366 g/mol. The average molecular weight is 366 g/mol. The van der Waals surface area contributed by atoms with Crippen LogP contribution in [0.2, 0.25) is 0 Å². The minimum absolute atomic E-state index is 0.161. The van der Waals surface area contributed by atoms with Crippen LogP contribution in [0.4, 0.5) is 0 Å². The number of benzene rings is 2. The van der Waals surface area contributed by atoms with Crippen LogP contribution in [0.5, 0.6) is 11.5 Å². The fourth-order valence-electron chi connectivity index (χ4n) is 3.17. The number of nitrogens with zero attached hydrogens (tertiary/aromatic N) is 2. The van der Waals surface area contributed by atoms with Gasteiger partial charge in [-0.05, 0) is 42.7 Å². The first kappa shape index (κ1) is 19.0. The van der Waals surface area contributed by atoms with E-state index < -0.39 is 0 Å². The van der Waals surface area contributed by atoms with Crippen molar-refractivity contribution >= 4 is 11.0 Å². The molecule has 0 atom stereocenters. The maximum absolute atomic E-state index is 9.15. The summed E-state index contributed by atoms with van der Waals surface area (Å²) in [5.74, 6) is 2.43. The first-order valence-electron chi connectivity index (χ1n) is 9.22. The summed E-state index contributed by atoms with van der Waals surface area (Å²) in [6.45, 7) is 5.11. The highest BCUT2D eigenvalue weighted by molar-refractivity contribution is 5.75. The molecule has 0 unspecified atom stereocenters. The molecule has 0 fully saturated rings. The Kier molecular flexibility index (Phi) is 6.49. The van der Waals surface area contributed by atoms with E-state index in [-0.39, 0.29) is 6.61 Å². The molecule has 0 aliphatic heterocycles. The van der Waals surface area contributed by atoms with Crippen LogP contribution in [0.3, 0.4) is 0 Å². The molecule has 0 aliphatic rings. The molecule has 142 valence electrons. The van der Waals surface area contributed by atoms with Crippen molar-refractivity contribution in [2.24, 2.45) is 0 Å². The lowest BCUT2D eigenvalue weighted by Crippen LogP contribution is -2.12. The first-order chi connectivity index (χ1) is 13.3. The molecule has 27 heavy (non-hydrogen) atoms. The topological polar surface area (TPSA) is 56.5 Å². The number of fused-ring (bicyclic) bond motifs is 1. The van der Waals surface area contributed by atoms with Crippen molar-refractivity contribution < 1.29 is 14.6 Å². The lowest BCUT2D eigenvalue weighted by atomic mass is 10.1. The summed E-state index contributed by atoms with van der Waals surface area (Å²) in [5, 5.41) is 9.15. The SMILES string of the molecule is C=CCc1ccc(OCCn2c(CCCO)nc3ccccc32)c(OC)c1. The molecule has 0 aliphatic carbocycles. The smallest absolute Gasteiger partial charge is 0.161 e. The molecule has 2 aromatic carbocycles. The molecule has 5 heteroatoms. The second-order valence-electron chi connectivity index (χ2n) is 6.32. The number of allylic oxidation sites excluding steroid dienone is 1. The highest BCUT2D eigenvalue weighted by Gasteiger charge is 2.11. The van der Waals surface area contributed by atoms with Gasteiger partial charge in [-0.25, -0.2) is 4.98 Å². The van der Waals surface area contributed by atoms with Gasteiger partial charge in [0.1, 0.15) is 12.4 Å². The maximum Gasteiger partial charge on any atom is 0.161 e. The lowest BCUT2D eigenvalue weighted by molar-refractivity contribution is 0.275. The molecule has 0 radical (unpaired) electrons. The molecular weight excluding hydrogens is 340 g/mol. The van der Waals surface area contributed by atoms with Gasteiger partial charge < -0.3 is 19.1 Å². The van der Waals surface area contributed by atoms with Crippen molar-refractivity contribution in [3.8, 4) is 11.5 Å². The second kappa shape index (κ2) is 9.24. The van der Waals surface area contributed by atoms with E-state index in [0.29, 0.717) is 19.6 Å². The second-order valence-corrected chi connectivity index (χ2v) is 6.32. The number of methoxy groups -OCH3 is 1. The normalized spacial score (nSPS) is 10.9. The van der Waals surface area contributed by atoms with E-state index in [2.05, 4.69) is 17.2 Å². The summed E-state index contributed by atoms with van der Waals surface area (Å²) in [6.07, 6.45) is 4.10. The van der Waals surface area contributed by atoms with Crippen LogP contribution >= 0.6 is 0 Å². The van der Waals surface area contributed by atoms with E-state index in [1.165, 1.54) is 0 Å². The summed E-state index contributed by atoms with van der Waals surface area (Å²) in [7, 11) is 1.65. The molecule has 1 aromatic heterocycles. The fraction of sp³-hybridized carbons (Fsp3) is 0.318. The van der Waals surface area contributed by atoms with Crippen molar-refractivity contribution in [2.75, 3.05) is 20.3 Å². The summed E-state index contributed by atoms with van der Waals surface area (Å²) in [6, 6.07) is 14.0. The van der Waals surface area contributed by atoms with E-state index in [1.54, 1.807) is 7.11 Å². The van der Waals surface area contributed by atoms with Gasteiger partial charge in [-0.15, -0.1) is 6.58 Å². The number of imidazole rings is 1. The Labute approximate surface area is 159 Å². The Morgan fingerprint density at radius 3 is 2.81 bits per heavy atom. The Bertz CT molecular complexity index is 902. The van der Waals surface area contributed by atoms with Gasteiger partial charge in [0.2, 0.25) is 0 Å². The summed E-state index contributed by atoms with van der Waals surface area (Å²) < 4.78 is 13.6. The van der Waals surface area contributed by atoms with Gasteiger partial charge in [0, 0.05) is 13.0 Å². The van der Waals surface area contributed by atoms with Gasteiger partial charge in [-0.3, -0.25) is 0 Å². The molecule has 0 amide bonds. The van der Waals surface area contributed by atoms with Gasteiger partial charge >= 0.3 is 0 Å². The zero-order valence-electron chi connectivity index (χ0n) is 15.7. The third kappa shape index (κ3) is 4.49. The van der Waals surface area contributed by atoms with Crippen LogP contribution in [0, 0.1) is 0 Å². The summed E-state index contributed by atoms with van der Waals surface area (Å²) in [5.41, 5.74) is 3.19. The zero-order chi connectivity index (χ0) is 19.1. The maximum atomic E-state index is 9.15. The predicted molar refractivity (Wildman–Crippen MR) is 108 cm³/mol. The van der Waals surface area contributed by atoms with Gasteiger partial charge in [-0.1, -0.05) is 24.3 Å². The molecule has 0 spiro atoms. The molecule has 1 heterocycles. The molecular formula is C22H26N2O3. The number of aliphatic hydroxyl groups excluding tert-OH is 1. The van der Waals surface area contributed by atoms with Crippen LogP contribution in [0.1, 0.15) is 17.8 Å². The average Bonchev–Trinajstić information content (AvgIpc) is 3.05. The first-order valence-corrected chi connectivity index (χ1v) is 9.22. The largest absolute Gasteiger partial charge is 0.493 e. The Morgan fingerprint density at radius 1 is 1.19 bits per heavy atom. The number of hydrogen-bond acceptors (Lipinski definition) is 4. The van der Waals surface area contributed by atoms with Crippen LogP contribution in [-0.2, 0) is 19.4 Å². The molecule has 3 aromatic rings. The Morgan fingerprint density at radius 2 is 2.04 bits per heavy atom. The number of ether oxygens (including phenoxy) is 2. The van der Waals surface area contributed by atoms with Gasteiger partial charge in [-0.2, -0.15) is 0 Å². The number of para-hydroxylation sites is 2. The zero-order valence-corrected chi connectivity index (χ0v) is 15.7. The molecule has 5 nitrogen and oxygen atoms in total. The molecule has 3 rings (SSSR count). The highest BCUT2D eigenvalue weighted by atomic mass is 16.5. The van der Waals surface area contributed by atoms with Crippen molar-refractivity contribution in [1.29, 1.82) is 0 Å². The van der Waals surface area contributed by atoms with E-state index in [1.807, 2.05) is 42.5 Å². The van der Waals surface area contributed by atoms with E-state index >= 15 is 0 Å². The lowest BCUT2D eigenvalue weighted by Gasteiger charge is -2.14. The fourth-order valence-corrected chi connectivity index (χ4v) is 3.17. The molecule has 1 N–H and O–H groups in total. The summed E-state index contributed by atoms with van der Waals surface area (Å²) >= 11 is 0. The number of aryl methyl sites for hydroxylation is 1. The standard InChI is InChI=1S/C22H26N2O3/c1-3-7-17-11-12-20(21(16-17)26-2)27-15-13-24-19-9-5-4-8-18(19)23-22(24)10-6-14-25/h3-5,8-9,11-12,16,25H,1,6-7,10,13-15H2,2H3. The van der Waals surface area contributed by atoms with E-state index in [9.17, 15) is 0 Å². The predicted octanol–water partition coefficient (Wildman–Crippen LogP) is 3.78. The number of rotatable bonds is 10. The van der Waals surface area contributed by atoms with Crippen molar-refractivity contribution in [3.63, 3.8) is 0 Å². The molecule has 0 saturated heterocycles. The van der Waals surface area contributed by atoms with Gasteiger partial charge in [0.15, 0.2) is 11.5 Å². The van der Waals surface area contributed by atoms with Crippen LogP contribution in [0.15, 0.2) is 55.1 Å². The number of hydrogen-bond donors (Lipinski definition) is 1. The Hall–Kier alpha value is -2.79. The highest BCUT2D eigenvalue weighted by Crippen LogP contribution is 2.28. The summed E-state index contributed by atoms with van der Waals surface area (Å²) in [4.78, 5) is 4.70. The minimum atomic E-state index is 0.161. The number of aromatic nitrogens is 2. The quantitative estimate of drug-likeness (QED) is 0.555. The van der Waals surface area contributed by atoms with Crippen molar-refractivity contribution in [3.05, 3.63) is 66.5 Å². The van der Waals surface area contributed by atoms with Gasteiger partial charge in [0.25, 0.3) is 0 Å². The Balaban J connectivity index is 1.74. The van der Waals surface area contributed by atoms with E-state index in [4.69, 9.17) is 19.6 Å². The number of aliphatic hydroxyl groups is 1. The van der Waals surface area contributed by atoms with E-state index in [0.717, 1.165) is 46.8 Å². The minimum Gasteiger partial charge on any atom is -0.493 e. The van der Waals surface area contributed by atoms with Crippen LogP contribution in [-0.4, -0.2) is 35.0 Å². The van der Waals surface area contributed by atoms with Crippen molar-refractivity contribution in [1.82, 2.24) is 9.55 Å². The third-order valence-electron chi connectivity index (χ3n) is 4.47. The third-order valence-corrected chi connectivity index (χ3v) is 4.47. The van der Waals surface area contributed by atoms with Crippen molar-refractivity contribution in [2.45, 2.75) is 25.8 Å². The molecule has 0 saturated carbocycles.